The van der Waals surface area contributed by atoms with Crippen molar-refractivity contribution in [3.63, 3.8) is 0 Å². The zero-order valence-corrected chi connectivity index (χ0v) is 9.89. The molecule has 1 aromatic rings. The molecule has 1 fully saturated rings. The van der Waals surface area contributed by atoms with E-state index in [0.29, 0.717) is 12.1 Å². The number of hydrogen-bond donors (Lipinski definition) is 2. The van der Waals surface area contributed by atoms with E-state index in [0.717, 1.165) is 6.54 Å². The van der Waals surface area contributed by atoms with Gasteiger partial charge in [-0.3, -0.25) is 4.68 Å². The Kier molecular flexibility index (Phi) is 3.96. The van der Waals surface area contributed by atoms with E-state index in [1.807, 2.05) is 6.20 Å². The zero-order chi connectivity index (χ0) is 11.4. The normalized spacial score (nSPS) is 25.9. The molecule has 4 heteroatoms. The van der Waals surface area contributed by atoms with Crippen molar-refractivity contribution < 1.29 is 5.11 Å². The van der Waals surface area contributed by atoms with E-state index in [1.54, 1.807) is 0 Å². The minimum atomic E-state index is 0.234. The molecule has 0 atom stereocenters. The molecule has 0 saturated heterocycles. The lowest BCUT2D eigenvalue weighted by Gasteiger charge is -2.29. The molecular formula is C12H21N3O. The van der Waals surface area contributed by atoms with E-state index in [-0.39, 0.29) is 6.61 Å². The molecule has 16 heavy (non-hydrogen) atoms. The standard InChI is InChI=1S/C12H21N3O/c1-10-8-14-15(9-10)12-4-2-11(3-5-12)13-6-7-16/h8-9,11-13,16H,2-7H2,1H3. The molecule has 2 N–H and O–H groups in total. The highest BCUT2D eigenvalue weighted by Crippen LogP contribution is 2.27. The summed E-state index contributed by atoms with van der Waals surface area (Å²) in [7, 11) is 0. The van der Waals surface area contributed by atoms with Crippen molar-refractivity contribution in [2.24, 2.45) is 0 Å². The van der Waals surface area contributed by atoms with Crippen molar-refractivity contribution in [1.82, 2.24) is 15.1 Å². The summed E-state index contributed by atoms with van der Waals surface area (Å²) in [5.41, 5.74) is 1.24. The average Bonchev–Trinajstić information content (AvgIpc) is 2.74. The molecule has 1 saturated carbocycles. The van der Waals surface area contributed by atoms with Crippen molar-refractivity contribution in [3.05, 3.63) is 18.0 Å². The van der Waals surface area contributed by atoms with E-state index in [2.05, 4.69) is 28.2 Å². The number of aliphatic hydroxyl groups excluding tert-OH is 1. The van der Waals surface area contributed by atoms with Crippen molar-refractivity contribution in [1.29, 1.82) is 0 Å². The fourth-order valence-electron chi connectivity index (χ4n) is 2.45. The Balaban J connectivity index is 1.81. The predicted molar refractivity (Wildman–Crippen MR) is 63.3 cm³/mol. The molecule has 2 rings (SSSR count). The van der Waals surface area contributed by atoms with E-state index in [4.69, 9.17) is 5.11 Å². The minimum absolute atomic E-state index is 0.234. The lowest BCUT2D eigenvalue weighted by atomic mass is 9.91. The topological polar surface area (TPSA) is 50.1 Å². The quantitative estimate of drug-likeness (QED) is 0.808. The van der Waals surface area contributed by atoms with Crippen LogP contribution in [0.1, 0.15) is 37.3 Å². The summed E-state index contributed by atoms with van der Waals surface area (Å²) in [5.74, 6) is 0. The number of rotatable bonds is 4. The van der Waals surface area contributed by atoms with Crippen LogP contribution in [-0.2, 0) is 0 Å². The van der Waals surface area contributed by atoms with Gasteiger partial charge in [-0.15, -0.1) is 0 Å². The molecule has 0 spiro atoms. The Morgan fingerprint density at radius 3 is 2.75 bits per heavy atom. The molecule has 0 aliphatic heterocycles. The molecule has 90 valence electrons. The first-order chi connectivity index (χ1) is 7.79. The number of nitrogens with zero attached hydrogens (tertiary/aromatic N) is 2. The first kappa shape index (κ1) is 11.6. The summed E-state index contributed by atoms with van der Waals surface area (Å²) in [6.45, 7) is 3.03. The maximum absolute atomic E-state index is 8.75. The second-order valence-corrected chi connectivity index (χ2v) is 4.68. The van der Waals surface area contributed by atoms with Gasteiger partial charge < -0.3 is 10.4 Å². The van der Waals surface area contributed by atoms with Crippen LogP contribution in [0, 0.1) is 6.92 Å². The summed E-state index contributed by atoms with van der Waals surface area (Å²) in [6.07, 6.45) is 8.80. The molecule has 0 radical (unpaired) electrons. The number of aliphatic hydroxyl groups is 1. The minimum Gasteiger partial charge on any atom is -0.395 e. The van der Waals surface area contributed by atoms with E-state index >= 15 is 0 Å². The third-order valence-electron chi connectivity index (χ3n) is 3.35. The van der Waals surface area contributed by atoms with E-state index in [1.165, 1.54) is 31.2 Å². The molecule has 1 aliphatic carbocycles. The number of aryl methyl sites for hydroxylation is 1. The van der Waals surface area contributed by atoms with Gasteiger partial charge in [-0.2, -0.15) is 5.10 Å². The monoisotopic (exact) mass is 223 g/mol. The van der Waals surface area contributed by atoms with Gasteiger partial charge in [-0.25, -0.2) is 0 Å². The lowest BCUT2D eigenvalue weighted by Crippen LogP contribution is -2.35. The molecular weight excluding hydrogens is 202 g/mol. The van der Waals surface area contributed by atoms with Crippen LogP contribution in [0.4, 0.5) is 0 Å². The Morgan fingerprint density at radius 1 is 1.44 bits per heavy atom. The molecule has 0 bridgehead atoms. The summed E-state index contributed by atoms with van der Waals surface area (Å²) in [4.78, 5) is 0. The third kappa shape index (κ3) is 2.83. The largest absolute Gasteiger partial charge is 0.395 e. The Hall–Kier alpha value is -0.870. The lowest BCUT2D eigenvalue weighted by molar-refractivity contribution is 0.247. The summed E-state index contributed by atoms with van der Waals surface area (Å²) >= 11 is 0. The highest BCUT2D eigenvalue weighted by Gasteiger charge is 2.21. The van der Waals surface area contributed by atoms with Crippen molar-refractivity contribution >= 4 is 0 Å². The van der Waals surface area contributed by atoms with Crippen LogP contribution < -0.4 is 5.32 Å². The average molecular weight is 223 g/mol. The van der Waals surface area contributed by atoms with Crippen LogP contribution in [0.2, 0.25) is 0 Å². The smallest absolute Gasteiger partial charge is 0.0556 e. The number of hydrogen-bond acceptors (Lipinski definition) is 3. The highest BCUT2D eigenvalue weighted by molar-refractivity contribution is 5.00. The molecule has 4 nitrogen and oxygen atoms in total. The number of nitrogens with one attached hydrogen (secondary N) is 1. The Morgan fingerprint density at radius 2 is 2.19 bits per heavy atom. The molecule has 1 heterocycles. The van der Waals surface area contributed by atoms with Gasteiger partial charge >= 0.3 is 0 Å². The van der Waals surface area contributed by atoms with Gasteiger partial charge in [0.05, 0.1) is 18.8 Å². The summed E-state index contributed by atoms with van der Waals surface area (Å²) in [6, 6.07) is 1.15. The van der Waals surface area contributed by atoms with E-state index in [9.17, 15) is 0 Å². The second kappa shape index (κ2) is 5.46. The SMILES string of the molecule is Cc1cnn(C2CCC(NCCO)CC2)c1. The predicted octanol–water partition coefficient (Wildman–Crippen LogP) is 1.26. The van der Waals surface area contributed by atoms with Gasteiger partial charge in [0.15, 0.2) is 0 Å². The maximum atomic E-state index is 8.75. The number of aromatic nitrogens is 2. The van der Waals surface area contributed by atoms with Gasteiger partial charge in [-0.1, -0.05) is 0 Å². The first-order valence-corrected chi connectivity index (χ1v) is 6.14. The van der Waals surface area contributed by atoms with Crippen LogP contribution >= 0.6 is 0 Å². The third-order valence-corrected chi connectivity index (χ3v) is 3.35. The Bertz CT molecular complexity index is 316. The van der Waals surface area contributed by atoms with Crippen molar-refractivity contribution in [3.8, 4) is 0 Å². The van der Waals surface area contributed by atoms with Crippen LogP contribution in [0.15, 0.2) is 12.4 Å². The first-order valence-electron chi connectivity index (χ1n) is 6.14. The van der Waals surface area contributed by atoms with Gasteiger partial charge in [0.1, 0.15) is 0 Å². The fraction of sp³-hybridized carbons (Fsp3) is 0.750. The van der Waals surface area contributed by atoms with Crippen LogP contribution in [0.3, 0.4) is 0 Å². The van der Waals surface area contributed by atoms with Gasteiger partial charge in [-0.05, 0) is 38.2 Å². The van der Waals surface area contributed by atoms with Crippen LogP contribution in [-0.4, -0.2) is 34.1 Å². The van der Waals surface area contributed by atoms with E-state index < -0.39 is 0 Å². The maximum Gasteiger partial charge on any atom is 0.0556 e. The fourth-order valence-corrected chi connectivity index (χ4v) is 2.45. The molecule has 0 unspecified atom stereocenters. The summed E-state index contributed by atoms with van der Waals surface area (Å²) < 4.78 is 2.11. The van der Waals surface area contributed by atoms with Crippen LogP contribution in [0.5, 0.6) is 0 Å². The van der Waals surface area contributed by atoms with Gasteiger partial charge in [0, 0.05) is 18.8 Å². The second-order valence-electron chi connectivity index (χ2n) is 4.68. The van der Waals surface area contributed by atoms with Crippen molar-refractivity contribution in [2.75, 3.05) is 13.2 Å². The Labute approximate surface area is 96.7 Å². The van der Waals surface area contributed by atoms with Crippen LogP contribution in [0.25, 0.3) is 0 Å². The molecule has 1 aromatic heterocycles. The van der Waals surface area contributed by atoms with Crippen molar-refractivity contribution in [2.45, 2.75) is 44.7 Å². The summed E-state index contributed by atoms with van der Waals surface area (Å²) in [5, 5.41) is 16.5. The molecule has 1 aliphatic rings. The van der Waals surface area contributed by atoms with Gasteiger partial charge in [0.2, 0.25) is 0 Å². The molecule has 0 amide bonds. The molecule has 0 aromatic carbocycles. The van der Waals surface area contributed by atoms with Gasteiger partial charge in [0.25, 0.3) is 0 Å². The highest BCUT2D eigenvalue weighted by atomic mass is 16.3. The zero-order valence-electron chi connectivity index (χ0n) is 9.89.